The van der Waals surface area contributed by atoms with Crippen molar-refractivity contribution in [2.45, 2.75) is 38.1 Å². The lowest BCUT2D eigenvalue weighted by molar-refractivity contribution is -0.122. The molecule has 1 saturated carbocycles. The van der Waals surface area contributed by atoms with Crippen molar-refractivity contribution in [3.05, 3.63) is 48.0 Å². The first-order chi connectivity index (χ1) is 15.1. The van der Waals surface area contributed by atoms with Crippen molar-refractivity contribution in [2.75, 3.05) is 32.8 Å². The van der Waals surface area contributed by atoms with E-state index in [0.29, 0.717) is 11.5 Å². The summed E-state index contributed by atoms with van der Waals surface area (Å²) < 4.78 is 21.3. The Bertz CT molecular complexity index is 892. The highest BCUT2D eigenvalue weighted by Gasteiger charge is 2.28. The van der Waals surface area contributed by atoms with E-state index >= 15 is 0 Å². The number of hydrogen-bond donors (Lipinski definition) is 0. The van der Waals surface area contributed by atoms with Crippen molar-refractivity contribution in [3.63, 3.8) is 0 Å². The first-order valence-corrected chi connectivity index (χ1v) is 10.4. The second kappa shape index (κ2) is 10.7. The first-order valence-electron chi connectivity index (χ1n) is 10.4. The fourth-order valence-electron chi connectivity index (χ4n) is 4.02. The number of rotatable bonds is 8. The zero-order valence-electron chi connectivity index (χ0n) is 18.3. The van der Waals surface area contributed by atoms with Gasteiger partial charge in [0.1, 0.15) is 5.56 Å². The van der Waals surface area contributed by atoms with Crippen molar-refractivity contribution in [1.29, 1.82) is 0 Å². The van der Waals surface area contributed by atoms with Gasteiger partial charge in [-0.15, -0.1) is 0 Å². The summed E-state index contributed by atoms with van der Waals surface area (Å²) in [5.41, 5.74) is 0.982. The molecule has 0 atom stereocenters. The van der Waals surface area contributed by atoms with Crippen LogP contribution in [0.2, 0.25) is 0 Å². The Kier molecular flexibility index (Phi) is 7.76. The van der Waals surface area contributed by atoms with Gasteiger partial charge < -0.3 is 23.8 Å². The van der Waals surface area contributed by atoms with Gasteiger partial charge in [-0.25, -0.2) is 4.79 Å². The van der Waals surface area contributed by atoms with Gasteiger partial charge in [0.15, 0.2) is 18.1 Å². The summed E-state index contributed by atoms with van der Waals surface area (Å²) >= 11 is 0. The van der Waals surface area contributed by atoms with E-state index in [2.05, 4.69) is 0 Å². The minimum absolute atomic E-state index is 0.109. The van der Waals surface area contributed by atoms with Crippen LogP contribution in [-0.2, 0) is 9.53 Å². The number of benzene rings is 2. The third kappa shape index (κ3) is 5.10. The number of amides is 1. The molecule has 0 radical (unpaired) electrons. The second-order valence-electron chi connectivity index (χ2n) is 7.35. The van der Waals surface area contributed by atoms with Gasteiger partial charge in [-0.2, -0.15) is 0 Å². The molecule has 3 rings (SSSR count). The molecule has 7 nitrogen and oxygen atoms in total. The highest BCUT2D eigenvalue weighted by Crippen LogP contribution is 2.40. The SMILES string of the molecule is COc1ccc(C(=O)OCC(=O)N(c2ccccc2)C2CCCCC2)c(OC)c1OC. The van der Waals surface area contributed by atoms with Gasteiger partial charge >= 0.3 is 5.97 Å². The molecule has 0 aromatic heterocycles. The van der Waals surface area contributed by atoms with Gasteiger partial charge in [0.25, 0.3) is 5.91 Å². The fraction of sp³-hybridized carbons (Fsp3) is 0.417. The van der Waals surface area contributed by atoms with E-state index < -0.39 is 5.97 Å². The topological polar surface area (TPSA) is 74.3 Å². The Balaban J connectivity index is 1.77. The van der Waals surface area contributed by atoms with Gasteiger partial charge in [0, 0.05) is 11.7 Å². The lowest BCUT2D eigenvalue weighted by Gasteiger charge is -2.34. The smallest absolute Gasteiger partial charge is 0.342 e. The zero-order chi connectivity index (χ0) is 22.2. The maximum atomic E-state index is 13.1. The molecule has 2 aromatic rings. The van der Waals surface area contributed by atoms with Gasteiger partial charge in [-0.3, -0.25) is 4.79 Å². The molecule has 1 aliphatic rings. The Morgan fingerprint density at radius 3 is 2.16 bits per heavy atom. The molecular formula is C24H29NO6. The molecule has 0 saturated heterocycles. The maximum absolute atomic E-state index is 13.1. The van der Waals surface area contributed by atoms with E-state index in [1.807, 2.05) is 30.3 Å². The van der Waals surface area contributed by atoms with Gasteiger partial charge in [0.2, 0.25) is 5.75 Å². The van der Waals surface area contributed by atoms with Crippen LogP contribution in [-0.4, -0.2) is 45.9 Å². The summed E-state index contributed by atoms with van der Waals surface area (Å²) in [5, 5.41) is 0. The van der Waals surface area contributed by atoms with Crippen molar-refractivity contribution < 1.29 is 28.5 Å². The Morgan fingerprint density at radius 1 is 0.871 bits per heavy atom. The van der Waals surface area contributed by atoms with Gasteiger partial charge in [-0.1, -0.05) is 37.5 Å². The van der Waals surface area contributed by atoms with Crippen molar-refractivity contribution in [3.8, 4) is 17.2 Å². The summed E-state index contributed by atoms with van der Waals surface area (Å²) in [7, 11) is 4.39. The highest BCUT2D eigenvalue weighted by atomic mass is 16.5. The van der Waals surface area contributed by atoms with Crippen LogP contribution in [0, 0.1) is 0 Å². The van der Waals surface area contributed by atoms with Crippen LogP contribution in [0.4, 0.5) is 5.69 Å². The number of methoxy groups -OCH3 is 3. The predicted octanol–water partition coefficient (Wildman–Crippen LogP) is 4.24. The van der Waals surface area contributed by atoms with E-state index in [1.165, 1.54) is 33.8 Å². The number of para-hydroxylation sites is 1. The molecule has 0 unspecified atom stereocenters. The summed E-state index contributed by atoms with van der Waals surface area (Å²) in [4.78, 5) is 27.7. The molecule has 31 heavy (non-hydrogen) atoms. The number of hydrogen-bond acceptors (Lipinski definition) is 6. The van der Waals surface area contributed by atoms with Crippen LogP contribution < -0.4 is 19.1 Å². The molecule has 1 amide bonds. The van der Waals surface area contributed by atoms with E-state index in [4.69, 9.17) is 18.9 Å². The van der Waals surface area contributed by atoms with Crippen molar-refractivity contribution in [2.24, 2.45) is 0 Å². The average molecular weight is 427 g/mol. The minimum Gasteiger partial charge on any atom is -0.493 e. The quantitative estimate of drug-likeness (QED) is 0.587. The number of esters is 1. The van der Waals surface area contributed by atoms with E-state index in [0.717, 1.165) is 31.4 Å². The number of ether oxygens (including phenoxy) is 4. The predicted molar refractivity (Wildman–Crippen MR) is 117 cm³/mol. The molecule has 1 fully saturated rings. The monoisotopic (exact) mass is 427 g/mol. The lowest BCUT2D eigenvalue weighted by Crippen LogP contribution is -2.43. The van der Waals surface area contributed by atoms with Crippen LogP contribution in [0.25, 0.3) is 0 Å². The van der Waals surface area contributed by atoms with Crippen LogP contribution in [0.5, 0.6) is 17.2 Å². The first kappa shape index (κ1) is 22.5. The van der Waals surface area contributed by atoms with Crippen LogP contribution >= 0.6 is 0 Å². The molecular weight excluding hydrogens is 398 g/mol. The highest BCUT2D eigenvalue weighted by molar-refractivity contribution is 5.99. The Hall–Kier alpha value is -3.22. The third-order valence-electron chi connectivity index (χ3n) is 5.49. The molecule has 1 aliphatic carbocycles. The number of carbonyl (C=O) groups excluding carboxylic acids is 2. The van der Waals surface area contributed by atoms with Crippen LogP contribution in [0.1, 0.15) is 42.5 Å². The fourth-order valence-corrected chi connectivity index (χ4v) is 4.02. The number of nitrogens with zero attached hydrogens (tertiary/aromatic N) is 1. The molecule has 2 aromatic carbocycles. The maximum Gasteiger partial charge on any atom is 0.342 e. The van der Waals surface area contributed by atoms with E-state index in [1.54, 1.807) is 11.0 Å². The van der Waals surface area contributed by atoms with Gasteiger partial charge in [0.05, 0.1) is 21.3 Å². The summed E-state index contributed by atoms with van der Waals surface area (Å²) in [5.74, 6) is 0.0126. The standard InChI is InChI=1S/C24H29NO6/c1-28-20-15-14-19(22(29-2)23(20)30-3)24(27)31-16-21(26)25(17-10-6-4-7-11-17)18-12-8-5-9-13-18/h4,6-7,10-11,14-15,18H,5,8-9,12-13,16H2,1-3H3. The summed E-state index contributed by atoms with van der Waals surface area (Å²) in [6.07, 6.45) is 5.24. The normalized spacial score (nSPS) is 13.9. The molecule has 0 aliphatic heterocycles. The zero-order valence-corrected chi connectivity index (χ0v) is 18.3. The van der Waals surface area contributed by atoms with Crippen LogP contribution in [0.15, 0.2) is 42.5 Å². The summed E-state index contributed by atoms with van der Waals surface area (Å²) in [6.45, 7) is -0.359. The second-order valence-corrected chi connectivity index (χ2v) is 7.35. The average Bonchev–Trinajstić information content (AvgIpc) is 2.82. The van der Waals surface area contributed by atoms with E-state index in [9.17, 15) is 9.59 Å². The molecule has 166 valence electrons. The van der Waals surface area contributed by atoms with Crippen molar-refractivity contribution >= 4 is 17.6 Å². The van der Waals surface area contributed by atoms with Crippen molar-refractivity contribution in [1.82, 2.24) is 0 Å². The molecule has 7 heteroatoms. The third-order valence-corrected chi connectivity index (χ3v) is 5.49. The number of carbonyl (C=O) groups is 2. The largest absolute Gasteiger partial charge is 0.493 e. The minimum atomic E-state index is -0.664. The number of anilines is 1. The molecule has 0 bridgehead atoms. The summed E-state index contributed by atoms with van der Waals surface area (Å²) in [6, 6.07) is 12.8. The van der Waals surface area contributed by atoms with Gasteiger partial charge in [-0.05, 0) is 37.1 Å². The van der Waals surface area contributed by atoms with E-state index in [-0.39, 0.29) is 29.9 Å². The Morgan fingerprint density at radius 2 is 1.55 bits per heavy atom. The molecule has 0 heterocycles. The Labute approximate surface area is 182 Å². The molecule has 0 N–H and O–H groups in total. The lowest BCUT2D eigenvalue weighted by atomic mass is 9.93. The molecule has 0 spiro atoms. The van der Waals surface area contributed by atoms with Crippen LogP contribution in [0.3, 0.4) is 0 Å².